The van der Waals surface area contributed by atoms with Gasteiger partial charge in [0.15, 0.2) is 0 Å². The molecule has 0 aliphatic carbocycles. The van der Waals surface area contributed by atoms with Gasteiger partial charge in [-0.25, -0.2) is 0 Å². The fourth-order valence-electron chi connectivity index (χ4n) is 1.70. The second-order valence-corrected chi connectivity index (χ2v) is 5.31. The van der Waals surface area contributed by atoms with E-state index in [1.807, 2.05) is 23.6 Å². The summed E-state index contributed by atoms with van der Waals surface area (Å²) in [5, 5.41) is 15.8. The van der Waals surface area contributed by atoms with Crippen LogP contribution in [0, 0.1) is 11.3 Å². The van der Waals surface area contributed by atoms with Gasteiger partial charge in [0.2, 0.25) is 0 Å². The summed E-state index contributed by atoms with van der Waals surface area (Å²) in [4.78, 5) is 24.5. The number of nitrogens with one attached hydrogen (secondary N) is 2. The van der Waals surface area contributed by atoms with Crippen molar-refractivity contribution in [3.8, 4) is 11.8 Å². The van der Waals surface area contributed by atoms with Crippen molar-refractivity contribution in [2.45, 2.75) is 6.54 Å². The van der Waals surface area contributed by atoms with E-state index in [1.54, 1.807) is 0 Å². The fraction of sp³-hybridized carbons (Fsp3) is 0.133. The molecule has 0 saturated carbocycles. The Morgan fingerprint density at radius 2 is 2.14 bits per heavy atom. The summed E-state index contributed by atoms with van der Waals surface area (Å²) in [7, 11) is 1.45. The van der Waals surface area contributed by atoms with Crippen molar-refractivity contribution in [3.63, 3.8) is 0 Å². The van der Waals surface area contributed by atoms with Gasteiger partial charge >= 0.3 is 11.8 Å². The largest absolute Gasteiger partial charge is 0.497 e. The van der Waals surface area contributed by atoms with Crippen LogP contribution in [0.5, 0.6) is 5.75 Å². The normalized spacial score (nSPS) is 9.64. The van der Waals surface area contributed by atoms with Gasteiger partial charge in [-0.3, -0.25) is 9.59 Å². The molecule has 6 nitrogen and oxygen atoms in total. The Morgan fingerprint density at radius 3 is 2.77 bits per heavy atom. The zero-order chi connectivity index (χ0) is 15.9. The van der Waals surface area contributed by atoms with Crippen molar-refractivity contribution in [2.75, 3.05) is 12.4 Å². The first kappa shape index (κ1) is 15.5. The predicted octanol–water partition coefficient (Wildman–Crippen LogP) is 1.88. The number of carbonyl (C=O) groups is 2. The molecule has 0 aliphatic rings. The monoisotopic (exact) mass is 315 g/mol. The standard InChI is InChI=1S/C15H13N3O3S/c1-21-12-6-10(8-16)5-11(7-12)18-15(20)14(19)17-9-13-3-2-4-22-13/h2-7H,9H2,1H3,(H,17,19)(H,18,20). The Kier molecular flexibility index (Phi) is 5.11. The lowest BCUT2D eigenvalue weighted by molar-refractivity contribution is -0.136. The summed E-state index contributed by atoms with van der Waals surface area (Å²) in [6, 6.07) is 10.2. The van der Waals surface area contributed by atoms with Gasteiger partial charge in [-0.15, -0.1) is 11.3 Å². The lowest BCUT2D eigenvalue weighted by Crippen LogP contribution is -2.34. The summed E-state index contributed by atoms with van der Waals surface area (Å²) >= 11 is 1.49. The van der Waals surface area contributed by atoms with Crippen LogP contribution in [0.4, 0.5) is 5.69 Å². The average molecular weight is 315 g/mol. The van der Waals surface area contributed by atoms with Crippen molar-refractivity contribution in [2.24, 2.45) is 0 Å². The molecule has 0 fully saturated rings. The van der Waals surface area contributed by atoms with Crippen molar-refractivity contribution in [1.29, 1.82) is 5.26 Å². The minimum absolute atomic E-state index is 0.297. The average Bonchev–Trinajstić information content (AvgIpc) is 3.05. The number of methoxy groups -OCH3 is 1. The number of hydrogen-bond donors (Lipinski definition) is 2. The highest BCUT2D eigenvalue weighted by atomic mass is 32.1. The molecule has 0 spiro atoms. The third-order valence-electron chi connectivity index (χ3n) is 2.74. The van der Waals surface area contributed by atoms with E-state index in [0.717, 1.165) is 4.88 Å². The van der Waals surface area contributed by atoms with Gasteiger partial charge in [-0.05, 0) is 23.6 Å². The van der Waals surface area contributed by atoms with Gasteiger partial charge in [0, 0.05) is 16.6 Å². The molecule has 2 rings (SSSR count). The van der Waals surface area contributed by atoms with Crippen LogP contribution in [-0.2, 0) is 16.1 Å². The van der Waals surface area contributed by atoms with E-state index in [1.165, 1.54) is 36.6 Å². The quantitative estimate of drug-likeness (QED) is 0.843. The number of hydrogen-bond acceptors (Lipinski definition) is 5. The Morgan fingerprint density at radius 1 is 1.32 bits per heavy atom. The van der Waals surface area contributed by atoms with Crippen LogP contribution in [0.25, 0.3) is 0 Å². The van der Waals surface area contributed by atoms with Gasteiger partial charge in [-0.1, -0.05) is 6.07 Å². The summed E-state index contributed by atoms with van der Waals surface area (Å²) in [5.41, 5.74) is 0.654. The van der Waals surface area contributed by atoms with Crippen LogP contribution in [0.2, 0.25) is 0 Å². The third kappa shape index (κ3) is 4.07. The minimum atomic E-state index is -0.798. The second kappa shape index (κ2) is 7.24. The molecule has 22 heavy (non-hydrogen) atoms. The molecule has 2 amide bonds. The highest BCUT2D eigenvalue weighted by Gasteiger charge is 2.14. The zero-order valence-corrected chi connectivity index (χ0v) is 12.6. The van der Waals surface area contributed by atoms with Gasteiger partial charge < -0.3 is 15.4 Å². The molecule has 1 aromatic heterocycles. The van der Waals surface area contributed by atoms with E-state index < -0.39 is 11.8 Å². The third-order valence-corrected chi connectivity index (χ3v) is 3.62. The minimum Gasteiger partial charge on any atom is -0.497 e. The maximum atomic E-state index is 11.8. The number of anilines is 1. The van der Waals surface area contributed by atoms with Crippen LogP contribution in [-0.4, -0.2) is 18.9 Å². The molecule has 2 N–H and O–H groups in total. The maximum absolute atomic E-state index is 11.8. The van der Waals surface area contributed by atoms with Gasteiger partial charge in [0.05, 0.1) is 25.3 Å². The smallest absolute Gasteiger partial charge is 0.313 e. The molecular formula is C15H13N3O3S. The Hall–Kier alpha value is -2.85. The number of amides is 2. The van der Waals surface area contributed by atoms with Crippen LogP contribution in [0.15, 0.2) is 35.7 Å². The van der Waals surface area contributed by atoms with Crippen LogP contribution >= 0.6 is 11.3 Å². The second-order valence-electron chi connectivity index (χ2n) is 4.28. The molecule has 0 bridgehead atoms. The number of rotatable bonds is 4. The molecular weight excluding hydrogens is 302 g/mol. The van der Waals surface area contributed by atoms with Crippen molar-refractivity contribution in [3.05, 3.63) is 46.2 Å². The van der Waals surface area contributed by atoms with E-state index >= 15 is 0 Å². The first-order valence-corrected chi connectivity index (χ1v) is 7.21. The van der Waals surface area contributed by atoms with Crippen LogP contribution < -0.4 is 15.4 Å². The fourth-order valence-corrected chi connectivity index (χ4v) is 2.35. The van der Waals surface area contributed by atoms with Gasteiger partial charge in [0.1, 0.15) is 5.75 Å². The molecule has 1 heterocycles. The van der Waals surface area contributed by atoms with E-state index in [4.69, 9.17) is 10.00 Å². The predicted molar refractivity (Wildman–Crippen MR) is 82.5 cm³/mol. The SMILES string of the molecule is COc1cc(C#N)cc(NC(=O)C(=O)NCc2cccs2)c1. The number of carbonyl (C=O) groups excluding carboxylic acids is 2. The van der Waals surface area contributed by atoms with E-state index in [2.05, 4.69) is 10.6 Å². The highest BCUT2D eigenvalue weighted by molar-refractivity contribution is 7.09. The number of thiophene rings is 1. The highest BCUT2D eigenvalue weighted by Crippen LogP contribution is 2.20. The summed E-state index contributed by atoms with van der Waals surface area (Å²) < 4.78 is 5.03. The molecule has 112 valence electrons. The van der Waals surface area contributed by atoms with Gasteiger partial charge in [0.25, 0.3) is 0 Å². The first-order valence-electron chi connectivity index (χ1n) is 6.33. The van der Waals surface area contributed by atoms with Crippen molar-refractivity contribution >= 4 is 28.8 Å². The van der Waals surface area contributed by atoms with Crippen molar-refractivity contribution in [1.82, 2.24) is 5.32 Å². The van der Waals surface area contributed by atoms with E-state index in [9.17, 15) is 9.59 Å². The van der Waals surface area contributed by atoms with Gasteiger partial charge in [-0.2, -0.15) is 5.26 Å². The molecule has 0 radical (unpaired) electrons. The lowest BCUT2D eigenvalue weighted by Gasteiger charge is -2.08. The van der Waals surface area contributed by atoms with E-state index in [-0.39, 0.29) is 0 Å². The molecule has 0 saturated heterocycles. The number of nitrogens with zero attached hydrogens (tertiary/aromatic N) is 1. The summed E-state index contributed by atoms with van der Waals surface area (Å²) in [5.74, 6) is -1.11. The number of ether oxygens (including phenoxy) is 1. The number of benzene rings is 1. The Labute approximate surface area is 131 Å². The van der Waals surface area contributed by atoms with Crippen LogP contribution in [0.3, 0.4) is 0 Å². The molecule has 0 unspecified atom stereocenters. The topological polar surface area (TPSA) is 91.2 Å². The molecule has 0 atom stereocenters. The number of nitriles is 1. The van der Waals surface area contributed by atoms with Crippen LogP contribution in [0.1, 0.15) is 10.4 Å². The van der Waals surface area contributed by atoms with Crippen molar-refractivity contribution < 1.29 is 14.3 Å². The summed E-state index contributed by atoms with van der Waals surface area (Å²) in [6.45, 7) is 0.297. The zero-order valence-electron chi connectivity index (χ0n) is 11.8. The lowest BCUT2D eigenvalue weighted by atomic mass is 10.2. The maximum Gasteiger partial charge on any atom is 0.313 e. The molecule has 1 aromatic carbocycles. The first-order chi connectivity index (χ1) is 10.6. The van der Waals surface area contributed by atoms with E-state index in [0.29, 0.717) is 23.5 Å². The Balaban J connectivity index is 1.99. The molecule has 0 aliphatic heterocycles. The molecule has 7 heteroatoms. The summed E-state index contributed by atoms with van der Waals surface area (Å²) in [6.07, 6.45) is 0. The Bertz CT molecular complexity index is 720. The molecule has 2 aromatic rings.